The van der Waals surface area contributed by atoms with Crippen molar-refractivity contribution in [3.05, 3.63) is 58.9 Å². The van der Waals surface area contributed by atoms with E-state index in [1.54, 1.807) is 6.21 Å². The van der Waals surface area contributed by atoms with Crippen LogP contribution in [0.25, 0.3) is 0 Å². The number of rotatable bonds is 23. The number of hydrogen-bond donors (Lipinski definition) is 3. The van der Waals surface area contributed by atoms with Crippen LogP contribution in [0.4, 0.5) is 32.4 Å². The number of nitrogens with two attached hydrogens (primary N) is 1. The summed E-state index contributed by atoms with van der Waals surface area (Å²) >= 11 is 0. The third-order valence-corrected chi connectivity index (χ3v) is 6.18. The summed E-state index contributed by atoms with van der Waals surface area (Å²) in [5, 5.41) is 9.32. The number of nitrogens with one attached hydrogen (secondary N) is 2. The van der Waals surface area contributed by atoms with Crippen LogP contribution in [0.3, 0.4) is 0 Å². The van der Waals surface area contributed by atoms with Gasteiger partial charge >= 0.3 is 12.0 Å². The molecule has 48 heavy (non-hydrogen) atoms. The van der Waals surface area contributed by atoms with Gasteiger partial charge in [0.2, 0.25) is 34.8 Å². The predicted molar refractivity (Wildman–Crippen MR) is 167 cm³/mol. The van der Waals surface area contributed by atoms with E-state index < -0.39 is 47.2 Å². The Bertz CT molecular complexity index is 1320. The van der Waals surface area contributed by atoms with E-state index in [4.69, 9.17) is 24.8 Å². The lowest BCUT2D eigenvalue weighted by molar-refractivity contribution is -0.136. The summed E-state index contributed by atoms with van der Waals surface area (Å²) in [7, 11) is 0. The number of hydrogen-bond acceptors (Lipinski definition) is 10. The van der Waals surface area contributed by atoms with Crippen molar-refractivity contribution in [2.24, 2.45) is 15.9 Å². The summed E-state index contributed by atoms with van der Waals surface area (Å²) in [6, 6.07) is 7.26. The lowest BCUT2D eigenvalue weighted by atomic mass is 10.2. The van der Waals surface area contributed by atoms with E-state index in [2.05, 4.69) is 25.5 Å². The molecule has 0 aromatic heterocycles. The van der Waals surface area contributed by atoms with E-state index in [0.717, 1.165) is 24.1 Å². The van der Waals surface area contributed by atoms with Gasteiger partial charge in [-0.15, -0.1) is 0 Å². The van der Waals surface area contributed by atoms with Crippen LogP contribution < -0.4 is 21.2 Å². The molecule has 266 valence electrons. The molecule has 12 nitrogen and oxygen atoms in total. The third-order valence-electron chi connectivity index (χ3n) is 6.18. The molecule has 0 aliphatic heterocycles. The van der Waals surface area contributed by atoms with E-state index in [9.17, 15) is 31.5 Å². The van der Waals surface area contributed by atoms with Crippen LogP contribution in [-0.2, 0) is 23.7 Å². The topological polar surface area (TPSA) is 155 Å². The Hall–Kier alpha value is -4.19. The number of halogens is 5. The molecule has 2 amide bonds. The molecule has 0 heterocycles. The van der Waals surface area contributed by atoms with Crippen molar-refractivity contribution in [3.63, 3.8) is 0 Å². The molecule has 0 bridgehead atoms. The van der Waals surface area contributed by atoms with Crippen LogP contribution in [0.2, 0.25) is 0 Å². The fourth-order valence-electron chi connectivity index (χ4n) is 3.65. The highest BCUT2D eigenvalue weighted by Crippen LogP contribution is 2.29. The number of unbranched alkanes of at least 4 members (excludes halogenated alkanes) is 1. The zero-order valence-electron chi connectivity index (χ0n) is 26.5. The van der Waals surface area contributed by atoms with Crippen molar-refractivity contribution in [3.8, 4) is 5.75 Å². The van der Waals surface area contributed by atoms with Crippen LogP contribution in [0.15, 0.2) is 34.4 Å². The number of aryl methyl sites for hydroxylation is 1. The van der Waals surface area contributed by atoms with E-state index >= 15 is 0 Å². The van der Waals surface area contributed by atoms with Crippen molar-refractivity contribution in [2.75, 3.05) is 71.3 Å². The molecule has 2 rings (SSSR count). The lowest BCUT2D eigenvalue weighted by Gasteiger charge is -2.09. The van der Waals surface area contributed by atoms with Crippen molar-refractivity contribution >= 4 is 29.6 Å². The molecule has 0 radical (unpaired) electrons. The number of urea groups is 1. The Balaban J connectivity index is 1.38. The highest BCUT2D eigenvalue weighted by molar-refractivity contribution is 6.30. The Kier molecular flexibility index (Phi) is 19.3. The van der Waals surface area contributed by atoms with E-state index in [0.29, 0.717) is 51.6 Å². The van der Waals surface area contributed by atoms with E-state index in [1.165, 1.54) is 0 Å². The molecule has 0 aliphatic carbocycles. The second kappa shape index (κ2) is 23.2. The summed E-state index contributed by atoms with van der Waals surface area (Å²) in [5.74, 6) is -8.74. The summed E-state index contributed by atoms with van der Waals surface area (Å²) in [6.45, 7) is 4.50. The molecular formula is C31H40F5N5O7. The Morgan fingerprint density at radius 2 is 1.29 bits per heavy atom. The van der Waals surface area contributed by atoms with E-state index in [-0.39, 0.29) is 32.5 Å². The minimum absolute atomic E-state index is 0.0704. The lowest BCUT2D eigenvalue weighted by Crippen LogP contribution is -2.29. The third kappa shape index (κ3) is 15.6. The number of nitrogens with zero attached hydrogens (tertiary/aromatic N) is 2. The molecule has 4 N–H and O–H groups in total. The fraction of sp³-hybridized carbons (Fsp3) is 0.484. The van der Waals surface area contributed by atoms with Gasteiger partial charge in [0.1, 0.15) is 0 Å². The van der Waals surface area contributed by atoms with Gasteiger partial charge in [0.05, 0.1) is 71.5 Å². The molecule has 0 saturated heterocycles. The maximum Gasteiger partial charge on any atom is 0.319 e. The molecule has 0 unspecified atom stereocenters. The summed E-state index contributed by atoms with van der Waals surface area (Å²) in [6.07, 6.45) is 3.25. The fourth-order valence-corrected chi connectivity index (χ4v) is 3.65. The minimum Gasteiger partial charge on any atom is -0.420 e. The molecule has 0 atom stereocenters. The zero-order valence-corrected chi connectivity index (χ0v) is 26.5. The number of esters is 1. The van der Waals surface area contributed by atoms with Crippen molar-refractivity contribution in [1.82, 2.24) is 5.32 Å². The number of amides is 2. The normalized spacial score (nSPS) is 11.7. The number of benzene rings is 2. The number of aliphatic imine (C=N–C) groups is 1. The maximum absolute atomic E-state index is 13.5. The van der Waals surface area contributed by atoms with Gasteiger partial charge < -0.3 is 40.2 Å². The van der Waals surface area contributed by atoms with Gasteiger partial charge in [0, 0.05) is 18.4 Å². The zero-order chi connectivity index (χ0) is 35.1. The molecule has 0 fully saturated rings. The molecule has 17 heteroatoms. The number of carbonyl (C=O) groups is 2. The summed E-state index contributed by atoms with van der Waals surface area (Å²) in [4.78, 5) is 27.8. The first kappa shape index (κ1) is 40.0. The first-order chi connectivity index (χ1) is 23.1. The van der Waals surface area contributed by atoms with Gasteiger partial charge in [-0.3, -0.25) is 9.79 Å². The number of carbonyl (C=O) groups excluding carboxylic acids is 2. The van der Waals surface area contributed by atoms with Crippen molar-refractivity contribution < 1.29 is 55.2 Å². The minimum atomic E-state index is -2.35. The maximum atomic E-state index is 13.5. The predicted octanol–water partition coefficient (Wildman–Crippen LogP) is 4.43. The number of ether oxygens (including phenoxy) is 5. The molecule has 0 aliphatic rings. The van der Waals surface area contributed by atoms with Gasteiger partial charge in [-0.2, -0.15) is 13.9 Å². The van der Waals surface area contributed by atoms with Gasteiger partial charge in [0.25, 0.3) is 0 Å². The molecule has 2 aromatic rings. The van der Waals surface area contributed by atoms with Gasteiger partial charge in [-0.05, 0) is 38.3 Å². The van der Waals surface area contributed by atoms with Crippen molar-refractivity contribution in [2.45, 2.75) is 32.6 Å². The van der Waals surface area contributed by atoms with Crippen LogP contribution in [0.1, 0.15) is 31.2 Å². The first-order valence-electron chi connectivity index (χ1n) is 15.0. The number of anilines is 1. The first-order valence-corrected chi connectivity index (χ1v) is 15.0. The highest BCUT2D eigenvalue weighted by atomic mass is 19.2. The average Bonchev–Trinajstić information content (AvgIpc) is 3.08. The molecule has 2 aromatic carbocycles. The Morgan fingerprint density at radius 3 is 1.88 bits per heavy atom. The Labute approximate surface area is 274 Å². The van der Waals surface area contributed by atoms with Crippen LogP contribution in [0, 0.1) is 36.0 Å². The second-order valence-electron chi connectivity index (χ2n) is 9.93. The second-order valence-corrected chi connectivity index (χ2v) is 9.93. The highest BCUT2D eigenvalue weighted by Gasteiger charge is 2.28. The molecular weight excluding hydrogens is 649 g/mol. The number of hydrazone groups is 1. The van der Waals surface area contributed by atoms with Crippen molar-refractivity contribution in [1.29, 1.82) is 0 Å². The van der Waals surface area contributed by atoms with E-state index in [1.807, 2.05) is 31.2 Å². The van der Waals surface area contributed by atoms with Gasteiger partial charge in [0.15, 0.2) is 0 Å². The smallest absolute Gasteiger partial charge is 0.319 e. The van der Waals surface area contributed by atoms with Crippen LogP contribution in [-0.4, -0.2) is 89.9 Å². The summed E-state index contributed by atoms with van der Waals surface area (Å²) in [5.41, 5.74) is 2.48. The van der Waals surface area contributed by atoms with Crippen LogP contribution in [0.5, 0.6) is 5.75 Å². The standard InChI is InChI=1S/C31H40F5N5O7/c1-21-5-7-22(8-6-21)40-31(43)39-10-3-2-4-23(41-37)20-38-11-13-45-15-17-47-19-18-46-16-14-44-12-9-24(42)48-30-28(35)26(33)25(32)27(34)29(30)36/h5-8,20H,2-4,9-19,37H2,1H3,(H2,39,40,43)/b38-20?,41-23-. The monoisotopic (exact) mass is 689 g/mol. The molecule has 0 saturated carbocycles. The Morgan fingerprint density at radius 1 is 0.750 bits per heavy atom. The van der Waals surface area contributed by atoms with Crippen LogP contribution >= 0.6 is 0 Å². The SMILES string of the molecule is Cc1ccc(NC(=O)NCCCC/C(C=NCCOCCOCCOCCOCCC(=O)Oc2c(F)c(F)c(F)c(F)c2F)=N/N)cc1. The summed E-state index contributed by atoms with van der Waals surface area (Å²) < 4.78 is 91.9. The average molecular weight is 690 g/mol. The van der Waals surface area contributed by atoms with Gasteiger partial charge in [-0.25, -0.2) is 18.0 Å². The molecule has 0 spiro atoms. The quantitative estimate of drug-likeness (QED) is 0.0178. The largest absolute Gasteiger partial charge is 0.420 e. The van der Waals surface area contributed by atoms with Gasteiger partial charge in [-0.1, -0.05) is 17.7 Å².